The molecular weight excluding hydrogens is 274 g/mol. The Bertz CT molecular complexity index is 454. The smallest absolute Gasteiger partial charge is 0.227 e. The fourth-order valence-electron chi connectivity index (χ4n) is 2.54. The lowest BCUT2D eigenvalue weighted by atomic mass is 10.1. The molecule has 0 spiro atoms. The standard InChI is InChI=1S/C16H22ClNO2/c1-12(2)20-14-7-9-18(10-8-14)16(19)11-13-5-3-4-6-15(13)17/h3-6,12,14H,7-11H2,1-2H3. The molecule has 1 aromatic carbocycles. The highest BCUT2D eigenvalue weighted by Crippen LogP contribution is 2.19. The first-order valence-corrected chi connectivity index (χ1v) is 7.60. The minimum absolute atomic E-state index is 0.154. The number of amides is 1. The number of hydrogen-bond acceptors (Lipinski definition) is 2. The van der Waals surface area contributed by atoms with E-state index < -0.39 is 0 Å². The Kier molecular flexibility index (Phi) is 5.44. The Hall–Kier alpha value is -1.06. The average Bonchev–Trinajstić information content (AvgIpc) is 2.41. The summed E-state index contributed by atoms with van der Waals surface area (Å²) >= 11 is 6.10. The van der Waals surface area contributed by atoms with Crippen molar-refractivity contribution in [3.8, 4) is 0 Å². The van der Waals surface area contributed by atoms with E-state index in [1.54, 1.807) is 0 Å². The van der Waals surface area contributed by atoms with Crippen molar-refractivity contribution in [3.05, 3.63) is 34.9 Å². The predicted molar refractivity (Wildman–Crippen MR) is 81.0 cm³/mol. The maximum absolute atomic E-state index is 12.3. The zero-order valence-corrected chi connectivity index (χ0v) is 12.9. The fourth-order valence-corrected chi connectivity index (χ4v) is 2.75. The van der Waals surface area contributed by atoms with Crippen LogP contribution in [-0.4, -0.2) is 36.1 Å². The molecule has 1 saturated heterocycles. The minimum Gasteiger partial charge on any atom is -0.375 e. The van der Waals surface area contributed by atoms with Gasteiger partial charge >= 0.3 is 0 Å². The summed E-state index contributed by atoms with van der Waals surface area (Å²) in [6, 6.07) is 7.53. The van der Waals surface area contributed by atoms with Crippen molar-refractivity contribution < 1.29 is 9.53 Å². The lowest BCUT2D eigenvalue weighted by Crippen LogP contribution is -2.42. The van der Waals surface area contributed by atoms with Crippen molar-refractivity contribution in [1.29, 1.82) is 0 Å². The molecule has 1 fully saturated rings. The highest BCUT2D eigenvalue weighted by molar-refractivity contribution is 6.31. The van der Waals surface area contributed by atoms with Gasteiger partial charge in [-0.2, -0.15) is 0 Å². The summed E-state index contributed by atoms with van der Waals surface area (Å²) in [6.07, 6.45) is 2.78. The van der Waals surface area contributed by atoms with Crippen LogP contribution in [0.5, 0.6) is 0 Å². The lowest BCUT2D eigenvalue weighted by molar-refractivity contribution is -0.133. The Balaban J connectivity index is 1.85. The Morgan fingerprint density at radius 3 is 2.60 bits per heavy atom. The molecule has 1 heterocycles. The van der Waals surface area contributed by atoms with E-state index in [1.807, 2.05) is 29.2 Å². The number of rotatable bonds is 4. The molecule has 0 atom stereocenters. The van der Waals surface area contributed by atoms with E-state index in [2.05, 4.69) is 13.8 Å². The van der Waals surface area contributed by atoms with Crippen molar-refractivity contribution in [3.63, 3.8) is 0 Å². The summed E-state index contributed by atoms with van der Waals surface area (Å²) in [7, 11) is 0. The number of carbonyl (C=O) groups is 1. The van der Waals surface area contributed by atoms with Crippen LogP contribution in [0.2, 0.25) is 5.02 Å². The van der Waals surface area contributed by atoms with E-state index in [-0.39, 0.29) is 12.0 Å². The van der Waals surface area contributed by atoms with Crippen LogP contribution in [0.1, 0.15) is 32.3 Å². The van der Waals surface area contributed by atoms with Crippen LogP contribution < -0.4 is 0 Å². The first kappa shape index (κ1) is 15.3. The first-order chi connectivity index (χ1) is 9.56. The second-order valence-corrected chi connectivity index (χ2v) is 5.94. The number of benzene rings is 1. The molecule has 1 aliphatic rings. The third-order valence-corrected chi connectivity index (χ3v) is 3.93. The van der Waals surface area contributed by atoms with Gasteiger partial charge in [-0.1, -0.05) is 29.8 Å². The molecule has 110 valence electrons. The minimum atomic E-state index is 0.154. The van der Waals surface area contributed by atoms with Crippen molar-refractivity contribution in [2.45, 2.75) is 45.3 Å². The van der Waals surface area contributed by atoms with E-state index in [1.165, 1.54) is 0 Å². The monoisotopic (exact) mass is 295 g/mol. The molecule has 20 heavy (non-hydrogen) atoms. The zero-order chi connectivity index (χ0) is 14.5. The molecule has 0 N–H and O–H groups in total. The largest absolute Gasteiger partial charge is 0.375 e. The number of nitrogens with zero attached hydrogens (tertiary/aromatic N) is 1. The summed E-state index contributed by atoms with van der Waals surface area (Å²) in [5, 5.41) is 0.666. The number of piperidine rings is 1. The van der Waals surface area contributed by atoms with E-state index in [9.17, 15) is 4.79 Å². The molecule has 4 heteroatoms. The van der Waals surface area contributed by atoms with Crippen LogP contribution in [0.4, 0.5) is 0 Å². The van der Waals surface area contributed by atoms with Crippen LogP contribution >= 0.6 is 11.6 Å². The molecule has 1 aliphatic heterocycles. The van der Waals surface area contributed by atoms with Crippen molar-refractivity contribution in [2.75, 3.05) is 13.1 Å². The molecule has 1 aromatic rings. The number of likely N-dealkylation sites (tertiary alicyclic amines) is 1. The van der Waals surface area contributed by atoms with Crippen molar-refractivity contribution in [2.24, 2.45) is 0 Å². The Morgan fingerprint density at radius 2 is 2.00 bits per heavy atom. The molecule has 0 aliphatic carbocycles. The van der Waals surface area contributed by atoms with Gasteiger partial charge in [0.05, 0.1) is 18.6 Å². The summed E-state index contributed by atoms with van der Waals surface area (Å²) in [4.78, 5) is 14.2. The van der Waals surface area contributed by atoms with Gasteiger partial charge in [0.15, 0.2) is 0 Å². The average molecular weight is 296 g/mol. The molecule has 3 nitrogen and oxygen atoms in total. The van der Waals surface area contributed by atoms with Crippen LogP contribution in [0.3, 0.4) is 0 Å². The molecule has 0 saturated carbocycles. The van der Waals surface area contributed by atoms with E-state index in [4.69, 9.17) is 16.3 Å². The molecule has 0 unspecified atom stereocenters. The summed E-state index contributed by atoms with van der Waals surface area (Å²) in [5.41, 5.74) is 0.903. The molecule has 0 bridgehead atoms. The summed E-state index contributed by atoms with van der Waals surface area (Å²) in [6.45, 7) is 5.66. The molecule has 0 aromatic heterocycles. The maximum atomic E-state index is 12.3. The van der Waals surface area contributed by atoms with Crippen LogP contribution in [0.25, 0.3) is 0 Å². The highest BCUT2D eigenvalue weighted by Gasteiger charge is 2.24. The third kappa shape index (κ3) is 4.22. The molecule has 2 rings (SSSR count). The van der Waals surface area contributed by atoms with Gasteiger partial charge in [-0.05, 0) is 38.3 Å². The summed E-state index contributed by atoms with van der Waals surface area (Å²) < 4.78 is 5.80. The number of ether oxygens (including phenoxy) is 1. The van der Waals surface area contributed by atoms with Gasteiger partial charge in [-0.3, -0.25) is 4.79 Å². The van der Waals surface area contributed by atoms with Crippen LogP contribution in [0, 0.1) is 0 Å². The van der Waals surface area contributed by atoms with Gasteiger partial charge in [-0.25, -0.2) is 0 Å². The van der Waals surface area contributed by atoms with Gasteiger partial charge in [0.1, 0.15) is 0 Å². The van der Waals surface area contributed by atoms with Crippen molar-refractivity contribution >= 4 is 17.5 Å². The number of halogens is 1. The second kappa shape index (κ2) is 7.09. The van der Waals surface area contributed by atoms with Gasteiger partial charge in [-0.15, -0.1) is 0 Å². The highest BCUT2D eigenvalue weighted by atomic mass is 35.5. The lowest BCUT2D eigenvalue weighted by Gasteiger charge is -2.33. The van der Waals surface area contributed by atoms with Gasteiger partial charge in [0, 0.05) is 18.1 Å². The Labute approximate surface area is 125 Å². The number of carbonyl (C=O) groups excluding carboxylic acids is 1. The van der Waals surface area contributed by atoms with Gasteiger partial charge in [0.2, 0.25) is 5.91 Å². The second-order valence-electron chi connectivity index (χ2n) is 5.53. The normalized spacial score (nSPS) is 16.7. The van der Waals surface area contributed by atoms with Gasteiger partial charge in [0.25, 0.3) is 0 Å². The molecule has 1 amide bonds. The number of hydrogen-bond donors (Lipinski definition) is 0. The topological polar surface area (TPSA) is 29.5 Å². The summed E-state index contributed by atoms with van der Waals surface area (Å²) in [5.74, 6) is 0.154. The quantitative estimate of drug-likeness (QED) is 0.853. The van der Waals surface area contributed by atoms with Gasteiger partial charge < -0.3 is 9.64 Å². The van der Waals surface area contributed by atoms with E-state index in [0.717, 1.165) is 31.5 Å². The van der Waals surface area contributed by atoms with Crippen LogP contribution in [0.15, 0.2) is 24.3 Å². The Morgan fingerprint density at radius 1 is 1.35 bits per heavy atom. The third-order valence-electron chi connectivity index (χ3n) is 3.56. The zero-order valence-electron chi connectivity index (χ0n) is 12.1. The van der Waals surface area contributed by atoms with Crippen LogP contribution in [-0.2, 0) is 16.0 Å². The molecular formula is C16H22ClNO2. The molecule has 0 radical (unpaired) electrons. The fraction of sp³-hybridized carbons (Fsp3) is 0.562. The first-order valence-electron chi connectivity index (χ1n) is 7.23. The van der Waals surface area contributed by atoms with Crippen molar-refractivity contribution in [1.82, 2.24) is 4.90 Å². The maximum Gasteiger partial charge on any atom is 0.227 e. The van der Waals surface area contributed by atoms with E-state index in [0.29, 0.717) is 17.5 Å². The predicted octanol–water partition coefficient (Wildman–Crippen LogP) is 3.30. The van der Waals surface area contributed by atoms with E-state index >= 15 is 0 Å². The SMILES string of the molecule is CC(C)OC1CCN(C(=O)Cc2ccccc2Cl)CC1.